The third-order valence-electron chi connectivity index (χ3n) is 5.24. The van der Waals surface area contributed by atoms with Gasteiger partial charge in [0.2, 0.25) is 0 Å². The summed E-state index contributed by atoms with van der Waals surface area (Å²) in [6.07, 6.45) is 1.00. The number of morpholine rings is 1. The summed E-state index contributed by atoms with van der Waals surface area (Å²) in [5.41, 5.74) is 2.73. The van der Waals surface area contributed by atoms with Gasteiger partial charge in [0.25, 0.3) is 0 Å². The number of ether oxygens (including phenoxy) is 2. The molecule has 3 heterocycles. The SMILES string of the molecule is CCOc1ccc(CN2CCO[C@@H](c3cccc(Nc4ccc(F)cn4)n3)C2)cc1CO. The van der Waals surface area contributed by atoms with Gasteiger partial charge in [0.05, 0.1) is 31.7 Å². The van der Waals surface area contributed by atoms with Crippen molar-refractivity contribution in [1.29, 1.82) is 0 Å². The summed E-state index contributed by atoms with van der Waals surface area (Å²) in [5.74, 6) is 1.49. The highest BCUT2D eigenvalue weighted by molar-refractivity contribution is 5.51. The van der Waals surface area contributed by atoms with E-state index in [4.69, 9.17) is 9.47 Å². The van der Waals surface area contributed by atoms with Crippen LogP contribution in [0.1, 0.15) is 29.8 Å². The Morgan fingerprint density at radius 2 is 2.12 bits per heavy atom. The van der Waals surface area contributed by atoms with Crippen molar-refractivity contribution in [3.8, 4) is 5.75 Å². The highest BCUT2D eigenvalue weighted by atomic mass is 19.1. The Bertz CT molecular complexity index is 1030. The van der Waals surface area contributed by atoms with Crippen LogP contribution in [0, 0.1) is 5.82 Å². The number of halogens is 1. The molecule has 0 aliphatic carbocycles. The molecule has 2 N–H and O–H groups in total. The van der Waals surface area contributed by atoms with E-state index in [0.717, 1.165) is 41.9 Å². The molecule has 0 radical (unpaired) electrons. The summed E-state index contributed by atoms with van der Waals surface area (Å²) in [4.78, 5) is 11.0. The van der Waals surface area contributed by atoms with Gasteiger partial charge in [-0.05, 0) is 48.9 Å². The van der Waals surface area contributed by atoms with E-state index in [1.807, 2.05) is 43.3 Å². The molecule has 1 aliphatic heterocycles. The zero-order valence-electron chi connectivity index (χ0n) is 18.0. The van der Waals surface area contributed by atoms with Gasteiger partial charge in [0, 0.05) is 25.2 Å². The van der Waals surface area contributed by atoms with Gasteiger partial charge in [0.1, 0.15) is 29.3 Å². The summed E-state index contributed by atoms with van der Waals surface area (Å²) in [7, 11) is 0. The second-order valence-electron chi connectivity index (χ2n) is 7.56. The zero-order valence-corrected chi connectivity index (χ0v) is 18.0. The second-order valence-corrected chi connectivity index (χ2v) is 7.56. The van der Waals surface area contributed by atoms with Crippen LogP contribution in [0.15, 0.2) is 54.7 Å². The van der Waals surface area contributed by atoms with Crippen molar-refractivity contribution >= 4 is 11.6 Å². The van der Waals surface area contributed by atoms with Crippen molar-refractivity contribution in [1.82, 2.24) is 14.9 Å². The average Bonchev–Trinajstić information content (AvgIpc) is 2.82. The summed E-state index contributed by atoms with van der Waals surface area (Å²) >= 11 is 0. The van der Waals surface area contributed by atoms with E-state index in [9.17, 15) is 9.50 Å². The van der Waals surface area contributed by atoms with Crippen LogP contribution in [-0.2, 0) is 17.9 Å². The van der Waals surface area contributed by atoms with Gasteiger partial charge in [-0.25, -0.2) is 14.4 Å². The van der Waals surface area contributed by atoms with E-state index >= 15 is 0 Å². The minimum atomic E-state index is -0.383. The number of hydrogen-bond acceptors (Lipinski definition) is 7. The molecule has 0 amide bonds. The molecule has 1 saturated heterocycles. The van der Waals surface area contributed by atoms with Gasteiger partial charge in [-0.15, -0.1) is 0 Å². The van der Waals surface area contributed by atoms with E-state index in [-0.39, 0.29) is 18.5 Å². The smallest absolute Gasteiger partial charge is 0.141 e. The Morgan fingerprint density at radius 3 is 2.91 bits per heavy atom. The number of anilines is 2. The average molecular weight is 439 g/mol. The molecule has 0 unspecified atom stereocenters. The molecule has 168 valence electrons. The predicted molar refractivity (Wildman–Crippen MR) is 119 cm³/mol. The topological polar surface area (TPSA) is 79.7 Å². The molecule has 1 atom stereocenters. The van der Waals surface area contributed by atoms with Crippen molar-refractivity contribution in [3.63, 3.8) is 0 Å². The van der Waals surface area contributed by atoms with Crippen LogP contribution >= 0.6 is 0 Å². The van der Waals surface area contributed by atoms with Crippen molar-refractivity contribution in [2.45, 2.75) is 26.2 Å². The first-order valence-electron chi connectivity index (χ1n) is 10.7. The number of rotatable bonds is 8. The molecular weight excluding hydrogens is 411 g/mol. The summed E-state index contributed by atoms with van der Waals surface area (Å²) in [5, 5.41) is 12.8. The standard InChI is InChI=1S/C24H27FN4O3/c1-2-31-21-8-6-17(12-18(21)16-30)14-29-10-11-32-22(15-29)20-4-3-5-24(27-20)28-23-9-7-19(25)13-26-23/h3-9,12-13,22,30H,2,10-11,14-16H2,1H3,(H,26,27,28)/t22-/m1/s1. The third-order valence-corrected chi connectivity index (χ3v) is 5.24. The summed E-state index contributed by atoms with van der Waals surface area (Å²) in [6.45, 7) is 5.31. The molecule has 1 aliphatic rings. The highest BCUT2D eigenvalue weighted by Crippen LogP contribution is 2.26. The van der Waals surface area contributed by atoms with Gasteiger partial charge in [-0.2, -0.15) is 0 Å². The Morgan fingerprint density at radius 1 is 1.22 bits per heavy atom. The van der Waals surface area contributed by atoms with Crippen molar-refractivity contribution < 1.29 is 19.0 Å². The maximum atomic E-state index is 13.1. The molecule has 0 saturated carbocycles. The van der Waals surface area contributed by atoms with Gasteiger partial charge >= 0.3 is 0 Å². The van der Waals surface area contributed by atoms with Crippen LogP contribution in [-0.4, -0.2) is 46.3 Å². The van der Waals surface area contributed by atoms with E-state index in [1.165, 1.54) is 6.07 Å². The van der Waals surface area contributed by atoms with Gasteiger partial charge in [-0.1, -0.05) is 12.1 Å². The molecule has 4 rings (SSSR count). The molecule has 32 heavy (non-hydrogen) atoms. The summed E-state index contributed by atoms with van der Waals surface area (Å²) in [6, 6.07) is 14.6. The number of nitrogens with zero attached hydrogens (tertiary/aromatic N) is 3. The molecule has 0 bridgehead atoms. The highest BCUT2D eigenvalue weighted by Gasteiger charge is 2.23. The van der Waals surface area contributed by atoms with Crippen molar-refractivity contribution in [2.24, 2.45) is 0 Å². The molecule has 7 nitrogen and oxygen atoms in total. The molecule has 8 heteroatoms. The van der Waals surface area contributed by atoms with Crippen molar-refractivity contribution in [2.75, 3.05) is 31.6 Å². The lowest BCUT2D eigenvalue weighted by Gasteiger charge is -2.33. The fraction of sp³-hybridized carbons (Fsp3) is 0.333. The Kier molecular flexibility index (Phi) is 7.26. The first-order valence-corrected chi connectivity index (χ1v) is 10.7. The summed E-state index contributed by atoms with van der Waals surface area (Å²) < 4.78 is 24.6. The van der Waals surface area contributed by atoms with E-state index in [1.54, 1.807) is 6.07 Å². The lowest BCUT2D eigenvalue weighted by atomic mass is 10.1. The fourth-order valence-electron chi connectivity index (χ4n) is 3.72. The number of aromatic nitrogens is 2. The van der Waals surface area contributed by atoms with Crippen LogP contribution in [0.25, 0.3) is 0 Å². The van der Waals surface area contributed by atoms with E-state index in [2.05, 4.69) is 20.2 Å². The number of aliphatic hydroxyl groups excluding tert-OH is 1. The number of hydrogen-bond donors (Lipinski definition) is 2. The number of benzene rings is 1. The normalized spacial score (nSPS) is 16.7. The number of pyridine rings is 2. The minimum Gasteiger partial charge on any atom is -0.494 e. The molecular formula is C24H27FN4O3. The lowest BCUT2D eigenvalue weighted by molar-refractivity contribution is -0.0349. The largest absolute Gasteiger partial charge is 0.494 e. The molecule has 2 aromatic heterocycles. The van der Waals surface area contributed by atoms with Gasteiger partial charge in [0.15, 0.2) is 0 Å². The van der Waals surface area contributed by atoms with Crippen LogP contribution in [0.2, 0.25) is 0 Å². The Labute approximate surface area is 186 Å². The Hall–Kier alpha value is -3.07. The first-order chi connectivity index (χ1) is 15.6. The predicted octanol–water partition coefficient (Wildman–Crippen LogP) is 3.82. The van der Waals surface area contributed by atoms with Crippen LogP contribution in [0.3, 0.4) is 0 Å². The second kappa shape index (κ2) is 10.5. The molecule has 3 aromatic rings. The van der Waals surface area contributed by atoms with Crippen LogP contribution < -0.4 is 10.1 Å². The maximum absolute atomic E-state index is 13.1. The zero-order chi connectivity index (χ0) is 22.3. The Balaban J connectivity index is 1.42. The van der Waals surface area contributed by atoms with Crippen LogP contribution in [0.5, 0.6) is 5.75 Å². The van der Waals surface area contributed by atoms with E-state index in [0.29, 0.717) is 31.4 Å². The van der Waals surface area contributed by atoms with Crippen LogP contribution in [0.4, 0.5) is 16.0 Å². The van der Waals surface area contributed by atoms with Gasteiger partial charge < -0.3 is 19.9 Å². The van der Waals surface area contributed by atoms with Gasteiger partial charge in [-0.3, -0.25) is 4.90 Å². The molecule has 1 fully saturated rings. The van der Waals surface area contributed by atoms with Crippen molar-refractivity contribution in [3.05, 3.63) is 77.4 Å². The minimum absolute atomic E-state index is 0.0540. The monoisotopic (exact) mass is 438 g/mol. The number of nitrogens with one attached hydrogen (secondary N) is 1. The first kappa shape index (κ1) is 22.1. The lowest BCUT2D eigenvalue weighted by Crippen LogP contribution is -2.38. The quantitative estimate of drug-likeness (QED) is 0.553. The molecule has 0 spiro atoms. The third kappa shape index (κ3) is 5.59. The molecule has 1 aromatic carbocycles. The van der Waals surface area contributed by atoms with E-state index < -0.39 is 0 Å². The fourth-order valence-corrected chi connectivity index (χ4v) is 3.72. The maximum Gasteiger partial charge on any atom is 0.141 e. The number of aliphatic hydroxyl groups is 1.